The molecule has 3 nitrogen and oxygen atoms in total. The van der Waals surface area contributed by atoms with Crippen molar-refractivity contribution in [2.24, 2.45) is 0 Å². The molecule has 1 fully saturated rings. The van der Waals surface area contributed by atoms with E-state index in [1.54, 1.807) is 6.33 Å². The smallest absolute Gasteiger partial charge is 0.115 e. The van der Waals surface area contributed by atoms with Crippen LogP contribution < -0.4 is 5.32 Å². The zero-order chi connectivity index (χ0) is 9.10. The second kappa shape index (κ2) is 3.83. The van der Waals surface area contributed by atoms with E-state index in [9.17, 15) is 0 Å². The molecule has 1 aliphatic rings. The third-order valence-corrected chi connectivity index (χ3v) is 2.65. The lowest BCUT2D eigenvalue weighted by molar-refractivity contribution is 0.291. The maximum absolute atomic E-state index is 4.26. The van der Waals surface area contributed by atoms with Crippen LogP contribution in [0.3, 0.4) is 0 Å². The largest absolute Gasteiger partial charge is 0.314 e. The first-order valence-electron chi connectivity index (χ1n) is 4.89. The predicted octanol–water partition coefficient (Wildman–Crippen LogP) is 1.33. The fourth-order valence-electron chi connectivity index (χ4n) is 1.86. The van der Waals surface area contributed by atoms with Crippen molar-refractivity contribution in [1.29, 1.82) is 0 Å². The van der Waals surface area contributed by atoms with Crippen LogP contribution in [0.15, 0.2) is 18.6 Å². The van der Waals surface area contributed by atoms with Crippen molar-refractivity contribution in [3.05, 3.63) is 24.3 Å². The van der Waals surface area contributed by atoms with Crippen LogP contribution in [0.1, 0.15) is 31.4 Å². The molecule has 0 amide bonds. The Kier molecular flexibility index (Phi) is 2.54. The first-order valence-corrected chi connectivity index (χ1v) is 4.89. The van der Waals surface area contributed by atoms with E-state index < -0.39 is 0 Å². The summed E-state index contributed by atoms with van der Waals surface area (Å²) in [6.45, 7) is 3.22. The molecule has 1 aromatic heterocycles. The van der Waals surface area contributed by atoms with E-state index in [0.29, 0.717) is 12.0 Å². The van der Waals surface area contributed by atoms with Gasteiger partial charge in [0, 0.05) is 23.9 Å². The lowest BCUT2D eigenvalue weighted by Crippen LogP contribution is -2.40. The van der Waals surface area contributed by atoms with Crippen molar-refractivity contribution in [2.45, 2.75) is 31.7 Å². The second-order valence-electron chi connectivity index (χ2n) is 3.56. The van der Waals surface area contributed by atoms with Gasteiger partial charge in [0.15, 0.2) is 0 Å². The van der Waals surface area contributed by atoms with Gasteiger partial charge in [-0.3, -0.25) is 0 Å². The minimum Gasteiger partial charge on any atom is -0.314 e. The van der Waals surface area contributed by atoms with Crippen LogP contribution in [0, 0.1) is 0 Å². The van der Waals surface area contributed by atoms with Gasteiger partial charge in [0.25, 0.3) is 0 Å². The van der Waals surface area contributed by atoms with Gasteiger partial charge in [-0.1, -0.05) is 6.92 Å². The van der Waals surface area contributed by atoms with Crippen molar-refractivity contribution >= 4 is 0 Å². The third-order valence-electron chi connectivity index (χ3n) is 2.65. The predicted molar refractivity (Wildman–Crippen MR) is 51.5 cm³/mol. The van der Waals surface area contributed by atoms with E-state index in [-0.39, 0.29) is 0 Å². The first-order chi connectivity index (χ1) is 6.40. The van der Waals surface area contributed by atoms with E-state index in [2.05, 4.69) is 22.2 Å². The highest BCUT2D eigenvalue weighted by Gasteiger charge is 2.30. The summed E-state index contributed by atoms with van der Waals surface area (Å²) in [5.74, 6) is 0.659. The minimum atomic E-state index is 0.659. The topological polar surface area (TPSA) is 37.8 Å². The molecule has 70 valence electrons. The van der Waals surface area contributed by atoms with Crippen molar-refractivity contribution in [3.63, 3.8) is 0 Å². The highest BCUT2D eigenvalue weighted by atomic mass is 14.9. The summed E-state index contributed by atoms with van der Waals surface area (Å²) in [6.07, 6.45) is 5.91. The van der Waals surface area contributed by atoms with E-state index in [1.807, 2.05) is 12.3 Å². The molecular formula is C10H15N3. The Bertz CT molecular complexity index is 254. The Morgan fingerprint density at radius 1 is 1.54 bits per heavy atom. The Hall–Kier alpha value is -0.960. The van der Waals surface area contributed by atoms with Gasteiger partial charge in [0.1, 0.15) is 6.33 Å². The molecule has 1 N–H and O–H groups in total. The zero-order valence-corrected chi connectivity index (χ0v) is 7.90. The summed E-state index contributed by atoms with van der Waals surface area (Å²) in [5, 5.41) is 3.44. The molecule has 0 unspecified atom stereocenters. The average Bonchev–Trinajstić information content (AvgIpc) is 2.12. The average molecular weight is 177 g/mol. The van der Waals surface area contributed by atoms with Gasteiger partial charge in [0.2, 0.25) is 0 Å². The van der Waals surface area contributed by atoms with Crippen LogP contribution >= 0.6 is 0 Å². The Morgan fingerprint density at radius 2 is 2.38 bits per heavy atom. The van der Waals surface area contributed by atoms with Crippen LogP contribution in [-0.4, -0.2) is 22.6 Å². The molecule has 0 spiro atoms. The van der Waals surface area contributed by atoms with Gasteiger partial charge in [-0.25, -0.2) is 9.97 Å². The quantitative estimate of drug-likeness (QED) is 0.757. The summed E-state index contributed by atoms with van der Waals surface area (Å²) in [5.41, 5.74) is 1.20. The molecule has 0 bridgehead atoms. The SMILES string of the molecule is CCNC1CC(c2ccncn2)C1. The van der Waals surface area contributed by atoms with Crippen LogP contribution in [0.25, 0.3) is 0 Å². The molecule has 1 saturated carbocycles. The number of nitrogens with one attached hydrogen (secondary N) is 1. The Morgan fingerprint density at radius 3 is 3.00 bits per heavy atom. The molecule has 0 aromatic carbocycles. The lowest BCUT2D eigenvalue weighted by atomic mass is 9.78. The molecule has 3 heteroatoms. The summed E-state index contributed by atoms with van der Waals surface area (Å²) in [4.78, 5) is 8.17. The number of aromatic nitrogens is 2. The molecule has 0 atom stereocenters. The van der Waals surface area contributed by atoms with Crippen molar-refractivity contribution in [1.82, 2.24) is 15.3 Å². The molecule has 2 rings (SSSR count). The second-order valence-corrected chi connectivity index (χ2v) is 3.56. The fraction of sp³-hybridized carbons (Fsp3) is 0.600. The number of nitrogens with zero attached hydrogens (tertiary/aromatic N) is 2. The first kappa shape index (κ1) is 8.63. The van der Waals surface area contributed by atoms with Crippen LogP contribution in [0.4, 0.5) is 0 Å². The van der Waals surface area contributed by atoms with Crippen molar-refractivity contribution in [3.8, 4) is 0 Å². The van der Waals surface area contributed by atoms with Gasteiger partial charge in [0.05, 0.1) is 0 Å². The van der Waals surface area contributed by atoms with E-state index in [0.717, 1.165) is 6.54 Å². The van der Waals surface area contributed by atoms with Gasteiger partial charge < -0.3 is 5.32 Å². The summed E-state index contributed by atoms with van der Waals surface area (Å²) in [6, 6.07) is 2.73. The maximum Gasteiger partial charge on any atom is 0.115 e. The molecule has 0 radical (unpaired) electrons. The third kappa shape index (κ3) is 1.86. The maximum atomic E-state index is 4.26. The van der Waals surface area contributed by atoms with Gasteiger partial charge in [-0.05, 0) is 25.5 Å². The van der Waals surface area contributed by atoms with Crippen molar-refractivity contribution in [2.75, 3.05) is 6.54 Å². The van der Waals surface area contributed by atoms with Crippen molar-refractivity contribution < 1.29 is 0 Å². The lowest BCUT2D eigenvalue weighted by Gasteiger charge is -2.35. The number of hydrogen-bond acceptors (Lipinski definition) is 3. The van der Waals surface area contributed by atoms with Crippen LogP contribution in [-0.2, 0) is 0 Å². The molecule has 13 heavy (non-hydrogen) atoms. The fourth-order valence-corrected chi connectivity index (χ4v) is 1.86. The van der Waals surface area contributed by atoms with E-state index in [1.165, 1.54) is 18.5 Å². The monoisotopic (exact) mass is 177 g/mol. The minimum absolute atomic E-state index is 0.659. The standard InChI is InChI=1S/C10H15N3/c1-2-12-9-5-8(6-9)10-3-4-11-7-13-10/h3-4,7-9,12H,2,5-6H2,1H3. The molecule has 1 aromatic rings. The number of rotatable bonds is 3. The molecule has 0 aliphatic heterocycles. The highest BCUT2D eigenvalue weighted by molar-refractivity contribution is 5.11. The van der Waals surface area contributed by atoms with Gasteiger partial charge in [-0.15, -0.1) is 0 Å². The summed E-state index contributed by atoms with van der Waals surface area (Å²) >= 11 is 0. The molecule has 1 heterocycles. The summed E-state index contributed by atoms with van der Waals surface area (Å²) < 4.78 is 0. The Balaban J connectivity index is 1.87. The molecular weight excluding hydrogens is 162 g/mol. The molecule has 1 aliphatic carbocycles. The normalized spacial score (nSPS) is 26.8. The van der Waals surface area contributed by atoms with Crippen LogP contribution in [0.2, 0.25) is 0 Å². The van der Waals surface area contributed by atoms with Crippen LogP contribution in [0.5, 0.6) is 0 Å². The van der Waals surface area contributed by atoms with E-state index >= 15 is 0 Å². The van der Waals surface area contributed by atoms with Gasteiger partial charge >= 0.3 is 0 Å². The Labute approximate surface area is 78.6 Å². The van der Waals surface area contributed by atoms with Gasteiger partial charge in [-0.2, -0.15) is 0 Å². The highest BCUT2D eigenvalue weighted by Crippen LogP contribution is 2.35. The molecule has 0 saturated heterocycles. The zero-order valence-electron chi connectivity index (χ0n) is 7.90. The summed E-state index contributed by atoms with van der Waals surface area (Å²) in [7, 11) is 0. The number of hydrogen-bond donors (Lipinski definition) is 1. The van der Waals surface area contributed by atoms with E-state index in [4.69, 9.17) is 0 Å².